The molecule has 0 saturated carbocycles. The summed E-state index contributed by atoms with van der Waals surface area (Å²) in [5, 5.41) is 4.87. The van der Waals surface area contributed by atoms with E-state index in [1.54, 1.807) is 0 Å². The smallest absolute Gasteiger partial charge is 0.383 e. The first kappa shape index (κ1) is 25.0. The Hall–Kier alpha value is -2.58. The Labute approximate surface area is 211 Å². The van der Waals surface area contributed by atoms with Crippen molar-refractivity contribution in [1.29, 1.82) is 0 Å². The molecule has 0 aliphatic rings. The third kappa shape index (κ3) is 5.17. The van der Waals surface area contributed by atoms with E-state index in [-0.39, 0.29) is 31.9 Å². The van der Waals surface area contributed by atoms with Gasteiger partial charge >= 0.3 is 21.1 Å². The van der Waals surface area contributed by atoms with Gasteiger partial charge < -0.3 is 9.97 Å². The number of hydrogen-bond donors (Lipinski definition) is 0. The number of rotatable bonds is 4. The fourth-order valence-electron chi connectivity index (χ4n) is 3.79. The van der Waals surface area contributed by atoms with Crippen molar-refractivity contribution in [2.24, 2.45) is 0 Å². The fourth-order valence-corrected chi connectivity index (χ4v) is 3.79. The molecule has 0 spiro atoms. The van der Waals surface area contributed by atoms with Crippen LogP contribution in [0.15, 0.2) is 54.7 Å². The van der Waals surface area contributed by atoms with Crippen molar-refractivity contribution in [3.63, 3.8) is 0 Å². The summed E-state index contributed by atoms with van der Waals surface area (Å²) < 4.78 is 1.85. The van der Waals surface area contributed by atoms with Gasteiger partial charge in [0.25, 0.3) is 0 Å². The Kier molecular flexibility index (Phi) is 7.09. The quantitative estimate of drug-likeness (QED) is 0.258. The molecule has 4 rings (SSSR count). The Balaban J connectivity index is 0.00000306. The minimum absolute atomic E-state index is 0. The third-order valence-corrected chi connectivity index (χ3v) is 5.90. The summed E-state index contributed by atoms with van der Waals surface area (Å²) in [7, 11) is 0. The molecule has 0 saturated heterocycles. The molecule has 0 radical (unpaired) electrons. The normalized spacial score (nSPS) is 11.8. The maximum absolute atomic E-state index is 5.02. The van der Waals surface area contributed by atoms with Crippen LogP contribution in [0.25, 0.3) is 16.9 Å². The molecule has 0 aliphatic heterocycles. The van der Waals surface area contributed by atoms with Gasteiger partial charge in [0.05, 0.1) is 11.1 Å². The van der Waals surface area contributed by atoms with Crippen LogP contribution in [0, 0.1) is 26.0 Å². The van der Waals surface area contributed by atoms with Crippen LogP contribution in [0.1, 0.15) is 63.0 Å². The zero-order chi connectivity index (χ0) is 23.1. The fraction of sp³-hybridized carbons (Fsp3) is 0.321. The van der Waals surface area contributed by atoms with E-state index in [0.717, 1.165) is 39.7 Å². The van der Waals surface area contributed by atoms with Gasteiger partial charge in [-0.3, -0.25) is 4.68 Å². The first-order chi connectivity index (χ1) is 15.1. The van der Waals surface area contributed by atoms with Crippen molar-refractivity contribution in [3.05, 3.63) is 95.2 Å². The van der Waals surface area contributed by atoms with Gasteiger partial charge in [0.2, 0.25) is 0 Å². The molecule has 3 heterocycles. The van der Waals surface area contributed by atoms with Crippen molar-refractivity contribution < 1.29 is 21.1 Å². The molecular formula is C28H30N4Pt. The summed E-state index contributed by atoms with van der Waals surface area (Å²) in [4.78, 5) is 9.57. The van der Waals surface area contributed by atoms with Gasteiger partial charge in [0.15, 0.2) is 0 Å². The maximum atomic E-state index is 5.02. The van der Waals surface area contributed by atoms with E-state index < -0.39 is 0 Å². The number of hydrogen-bond acceptors (Lipinski definition) is 3. The second-order valence-corrected chi connectivity index (χ2v) is 9.90. The standard InChI is InChI=1S/C28H30N4.Pt/c1-19-14-15-24(20(2)29-19)32-17-16-26(31-32)28(6,7)25-13-9-12-23(30-25)21-10-8-11-22(18-21)27(3,4)5;/h8-9,11-14,16-18H,1-7H3;/q-2;+2. The second kappa shape index (κ2) is 9.35. The largest absolute Gasteiger partial charge is 2.00 e. The van der Waals surface area contributed by atoms with Gasteiger partial charge in [-0.2, -0.15) is 17.2 Å². The van der Waals surface area contributed by atoms with Crippen LogP contribution in [0.3, 0.4) is 0 Å². The number of nitrogens with zero attached hydrogens (tertiary/aromatic N) is 4. The first-order valence-corrected chi connectivity index (χ1v) is 11.0. The molecule has 1 aromatic carbocycles. The van der Waals surface area contributed by atoms with E-state index in [2.05, 4.69) is 76.0 Å². The van der Waals surface area contributed by atoms with Gasteiger partial charge in [0.1, 0.15) is 0 Å². The Morgan fingerprint density at radius 3 is 2.33 bits per heavy atom. The second-order valence-electron chi connectivity index (χ2n) is 9.90. The first-order valence-electron chi connectivity index (χ1n) is 11.0. The number of aromatic nitrogens is 4. The molecule has 0 amide bonds. The molecule has 0 bridgehead atoms. The molecule has 0 fully saturated rings. The Morgan fingerprint density at radius 2 is 1.64 bits per heavy atom. The summed E-state index contributed by atoms with van der Waals surface area (Å²) in [5.41, 5.74) is 7.56. The van der Waals surface area contributed by atoms with Crippen molar-refractivity contribution in [2.75, 3.05) is 0 Å². The molecule has 4 nitrogen and oxygen atoms in total. The van der Waals surface area contributed by atoms with Crippen LogP contribution in [0.5, 0.6) is 0 Å². The molecular weight excluding hydrogens is 587 g/mol. The minimum Gasteiger partial charge on any atom is -0.383 e. The third-order valence-electron chi connectivity index (χ3n) is 5.90. The molecule has 3 aromatic heterocycles. The molecule has 0 atom stereocenters. The van der Waals surface area contributed by atoms with E-state index in [9.17, 15) is 0 Å². The summed E-state index contributed by atoms with van der Waals surface area (Å²) in [6.07, 6.45) is 1.97. The predicted octanol–water partition coefficient (Wildman–Crippen LogP) is 6.17. The van der Waals surface area contributed by atoms with Crippen LogP contribution >= 0.6 is 0 Å². The zero-order valence-corrected chi connectivity index (χ0v) is 22.6. The van der Waals surface area contributed by atoms with Crippen LogP contribution in [-0.4, -0.2) is 19.7 Å². The van der Waals surface area contributed by atoms with Gasteiger partial charge in [0, 0.05) is 11.9 Å². The van der Waals surface area contributed by atoms with E-state index >= 15 is 0 Å². The molecule has 0 unspecified atom stereocenters. The maximum Gasteiger partial charge on any atom is 2.00 e. The molecule has 172 valence electrons. The van der Waals surface area contributed by atoms with Crippen molar-refractivity contribution in [3.8, 4) is 16.9 Å². The van der Waals surface area contributed by atoms with E-state index in [1.807, 2.05) is 49.0 Å². The van der Waals surface area contributed by atoms with Crippen molar-refractivity contribution in [2.45, 2.75) is 59.3 Å². The molecule has 33 heavy (non-hydrogen) atoms. The van der Waals surface area contributed by atoms with Crippen molar-refractivity contribution >= 4 is 0 Å². The number of pyridine rings is 2. The average Bonchev–Trinajstić information content (AvgIpc) is 3.24. The molecule has 0 N–H and O–H groups in total. The minimum atomic E-state index is -0.366. The average molecular weight is 618 g/mol. The van der Waals surface area contributed by atoms with E-state index in [1.165, 1.54) is 5.56 Å². The van der Waals surface area contributed by atoms with Crippen LogP contribution < -0.4 is 0 Å². The number of benzene rings is 1. The van der Waals surface area contributed by atoms with Crippen molar-refractivity contribution in [1.82, 2.24) is 19.7 Å². The van der Waals surface area contributed by atoms with Crippen LogP contribution in [0.2, 0.25) is 0 Å². The Bertz CT molecular complexity index is 1260. The van der Waals surface area contributed by atoms with Gasteiger partial charge in [-0.25, -0.2) is 0 Å². The summed E-state index contributed by atoms with van der Waals surface area (Å²) in [5.74, 6) is 0. The van der Waals surface area contributed by atoms with Gasteiger partial charge in [-0.1, -0.05) is 52.4 Å². The Morgan fingerprint density at radius 1 is 0.879 bits per heavy atom. The summed E-state index contributed by atoms with van der Waals surface area (Å²) >= 11 is 0. The summed E-state index contributed by atoms with van der Waals surface area (Å²) in [6.45, 7) is 14.9. The monoisotopic (exact) mass is 617 g/mol. The van der Waals surface area contributed by atoms with Crippen LogP contribution in [0.4, 0.5) is 0 Å². The topological polar surface area (TPSA) is 43.6 Å². The zero-order valence-electron chi connectivity index (χ0n) is 20.3. The molecule has 0 aliphatic carbocycles. The van der Waals surface area contributed by atoms with Gasteiger partial charge in [-0.15, -0.1) is 35.4 Å². The van der Waals surface area contributed by atoms with Crippen LogP contribution in [-0.2, 0) is 31.9 Å². The summed E-state index contributed by atoms with van der Waals surface area (Å²) in [6, 6.07) is 23.1. The predicted molar refractivity (Wildman–Crippen MR) is 129 cm³/mol. The van der Waals surface area contributed by atoms with E-state index in [0.29, 0.717) is 0 Å². The molecule has 5 heteroatoms. The molecule has 4 aromatic rings. The SMILES string of the molecule is Cc1c[c-]c(-n2ccc(C(C)(C)c3cccc(-c4[c-]ccc(C(C)(C)C)c4)n3)n2)c(C)n1.[Pt+2]. The number of aryl methyl sites for hydroxylation is 2. The van der Waals surface area contributed by atoms with Gasteiger partial charge in [-0.05, 0) is 48.5 Å². The van der Waals surface area contributed by atoms with E-state index in [4.69, 9.17) is 10.1 Å².